The van der Waals surface area contributed by atoms with Crippen LogP contribution in [0.5, 0.6) is 0 Å². The van der Waals surface area contributed by atoms with Crippen molar-refractivity contribution in [2.24, 2.45) is 7.05 Å². The van der Waals surface area contributed by atoms with Gasteiger partial charge < -0.3 is 5.32 Å². The molecule has 0 aliphatic rings. The van der Waals surface area contributed by atoms with Gasteiger partial charge in [0.05, 0.1) is 10.6 Å². The predicted molar refractivity (Wildman–Crippen MR) is 82.6 cm³/mol. The van der Waals surface area contributed by atoms with Gasteiger partial charge in [0.1, 0.15) is 0 Å². The zero-order valence-corrected chi connectivity index (χ0v) is 13.5. The lowest BCUT2D eigenvalue weighted by molar-refractivity contribution is 0.521. The van der Waals surface area contributed by atoms with E-state index < -0.39 is 10.0 Å². The van der Waals surface area contributed by atoms with E-state index in [1.807, 2.05) is 20.2 Å². The van der Waals surface area contributed by atoms with Crippen LogP contribution in [-0.2, 0) is 23.6 Å². The molecule has 7 heteroatoms. The van der Waals surface area contributed by atoms with Crippen molar-refractivity contribution in [3.63, 3.8) is 0 Å². The third kappa shape index (κ3) is 3.43. The van der Waals surface area contributed by atoms with E-state index >= 15 is 0 Å². The highest BCUT2D eigenvalue weighted by Gasteiger charge is 2.16. The first kappa shape index (κ1) is 15.5. The zero-order valence-electron chi connectivity index (χ0n) is 12.7. The maximum atomic E-state index is 12.0. The minimum Gasteiger partial charge on any atom is -0.381 e. The lowest BCUT2D eigenvalue weighted by atomic mass is 10.2. The lowest BCUT2D eigenvalue weighted by Crippen LogP contribution is -2.22. The summed E-state index contributed by atoms with van der Waals surface area (Å²) >= 11 is 0. The molecule has 1 heterocycles. The second kappa shape index (κ2) is 5.87. The van der Waals surface area contributed by atoms with Gasteiger partial charge in [-0.1, -0.05) is 0 Å². The number of benzene rings is 1. The van der Waals surface area contributed by atoms with E-state index in [0.29, 0.717) is 6.54 Å². The van der Waals surface area contributed by atoms with Gasteiger partial charge in [0.25, 0.3) is 0 Å². The third-order valence-electron chi connectivity index (χ3n) is 3.23. The van der Waals surface area contributed by atoms with Crippen LogP contribution < -0.4 is 5.32 Å². The second-order valence-corrected chi connectivity index (χ2v) is 7.23. The molecule has 0 bridgehead atoms. The summed E-state index contributed by atoms with van der Waals surface area (Å²) in [6, 6.07) is 6.74. The average Bonchev–Trinajstić information content (AvgIpc) is 2.75. The molecule has 1 aromatic heterocycles. The maximum absolute atomic E-state index is 12.0. The van der Waals surface area contributed by atoms with Crippen molar-refractivity contribution in [1.29, 1.82) is 0 Å². The van der Waals surface area contributed by atoms with Crippen LogP contribution in [-0.4, -0.2) is 36.6 Å². The van der Waals surface area contributed by atoms with Gasteiger partial charge in [0, 0.05) is 45.1 Å². The molecule has 0 spiro atoms. The Kier molecular flexibility index (Phi) is 4.34. The van der Waals surface area contributed by atoms with E-state index in [9.17, 15) is 8.42 Å². The number of rotatable bonds is 5. The Bertz CT molecular complexity index is 718. The summed E-state index contributed by atoms with van der Waals surface area (Å²) in [6.45, 7) is 2.61. The Balaban J connectivity index is 2.08. The number of sulfonamides is 1. The van der Waals surface area contributed by atoms with Crippen LogP contribution >= 0.6 is 0 Å². The largest absolute Gasteiger partial charge is 0.381 e. The van der Waals surface area contributed by atoms with Gasteiger partial charge in [-0.05, 0) is 31.2 Å². The molecule has 6 nitrogen and oxygen atoms in total. The van der Waals surface area contributed by atoms with Crippen molar-refractivity contribution in [2.45, 2.75) is 18.4 Å². The Morgan fingerprint density at radius 3 is 2.33 bits per heavy atom. The van der Waals surface area contributed by atoms with Crippen molar-refractivity contribution in [3.8, 4) is 0 Å². The van der Waals surface area contributed by atoms with E-state index in [-0.39, 0.29) is 4.90 Å². The fraction of sp³-hybridized carbons (Fsp3) is 0.357. The van der Waals surface area contributed by atoms with E-state index in [0.717, 1.165) is 16.9 Å². The quantitative estimate of drug-likeness (QED) is 0.911. The van der Waals surface area contributed by atoms with E-state index in [1.54, 1.807) is 28.9 Å². The molecule has 114 valence electrons. The fourth-order valence-electron chi connectivity index (χ4n) is 1.98. The minimum absolute atomic E-state index is 0.288. The van der Waals surface area contributed by atoms with Gasteiger partial charge in [0.2, 0.25) is 10.0 Å². The number of aryl methyl sites for hydroxylation is 2. The number of nitrogens with zero attached hydrogens (tertiary/aromatic N) is 3. The summed E-state index contributed by atoms with van der Waals surface area (Å²) in [5, 5.41) is 7.54. The third-order valence-corrected chi connectivity index (χ3v) is 5.06. The van der Waals surface area contributed by atoms with Crippen LogP contribution in [0.25, 0.3) is 0 Å². The average molecular weight is 308 g/mol. The normalized spacial score (nSPS) is 11.9. The molecular weight excluding hydrogens is 288 g/mol. The standard InChI is InChI=1S/C14H20N4O2S/c1-11-12(10-18(4)16-11)9-15-13-5-7-14(8-6-13)21(19,20)17(2)3/h5-8,10,15H,9H2,1-4H3. The van der Waals surface area contributed by atoms with Crippen LogP contribution in [0.1, 0.15) is 11.3 Å². The zero-order chi connectivity index (χ0) is 15.6. The van der Waals surface area contributed by atoms with Crippen molar-refractivity contribution in [1.82, 2.24) is 14.1 Å². The van der Waals surface area contributed by atoms with Crippen LogP contribution in [0, 0.1) is 6.92 Å². The molecule has 21 heavy (non-hydrogen) atoms. The predicted octanol–water partition coefficient (Wildman–Crippen LogP) is 1.59. The summed E-state index contributed by atoms with van der Waals surface area (Å²) < 4.78 is 26.9. The Hall–Kier alpha value is -1.86. The van der Waals surface area contributed by atoms with E-state index in [4.69, 9.17) is 0 Å². The first-order valence-electron chi connectivity index (χ1n) is 6.56. The molecule has 0 amide bonds. The van der Waals surface area contributed by atoms with Gasteiger partial charge in [-0.15, -0.1) is 0 Å². The molecule has 0 unspecified atom stereocenters. The van der Waals surface area contributed by atoms with Gasteiger partial charge in [0.15, 0.2) is 0 Å². The minimum atomic E-state index is -3.37. The van der Waals surface area contributed by atoms with Gasteiger partial charge in [-0.25, -0.2) is 12.7 Å². The number of hydrogen-bond acceptors (Lipinski definition) is 4. The molecule has 2 rings (SSSR count). The highest BCUT2D eigenvalue weighted by molar-refractivity contribution is 7.89. The Morgan fingerprint density at radius 1 is 1.24 bits per heavy atom. The number of aromatic nitrogens is 2. The van der Waals surface area contributed by atoms with Gasteiger partial charge in [-0.2, -0.15) is 5.10 Å². The smallest absolute Gasteiger partial charge is 0.242 e. The summed E-state index contributed by atoms with van der Waals surface area (Å²) in [7, 11) is 1.56. The molecule has 0 aliphatic carbocycles. The van der Waals surface area contributed by atoms with E-state index in [2.05, 4.69) is 10.4 Å². The van der Waals surface area contributed by atoms with Crippen molar-refractivity contribution in [3.05, 3.63) is 41.7 Å². The number of nitrogens with one attached hydrogen (secondary N) is 1. The molecule has 1 N–H and O–H groups in total. The summed E-state index contributed by atoms with van der Waals surface area (Å²) in [5.41, 5.74) is 2.97. The summed E-state index contributed by atoms with van der Waals surface area (Å²) in [6.07, 6.45) is 1.97. The van der Waals surface area contributed by atoms with Crippen LogP contribution in [0.4, 0.5) is 5.69 Å². The van der Waals surface area contributed by atoms with Gasteiger partial charge in [-0.3, -0.25) is 4.68 Å². The second-order valence-electron chi connectivity index (χ2n) is 5.08. The topological polar surface area (TPSA) is 67.2 Å². The molecular formula is C14H20N4O2S. The summed E-state index contributed by atoms with van der Waals surface area (Å²) in [5.74, 6) is 0. The Labute approximate surface area is 125 Å². The lowest BCUT2D eigenvalue weighted by Gasteiger charge is -2.12. The molecule has 0 atom stereocenters. The number of anilines is 1. The molecule has 1 aromatic carbocycles. The monoisotopic (exact) mass is 308 g/mol. The highest BCUT2D eigenvalue weighted by atomic mass is 32.2. The van der Waals surface area contributed by atoms with Crippen LogP contribution in [0.3, 0.4) is 0 Å². The van der Waals surface area contributed by atoms with Crippen molar-refractivity contribution < 1.29 is 8.42 Å². The fourth-order valence-corrected chi connectivity index (χ4v) is 2.88. The molecule has 0 saturated carbocycles. The summed E-state index contributed by atoms with van der Waals surface area (Å²) in [4.78, 5) is 0.288. The molecule has 0 saturated heterocycles. The number of hydrogen-bond donors (Lipinski definition) is 1. The molecule has 0 fully saturated rings. The molecule has 0 aliphatic heterocycles. The van der Waals surface area contributed by atoms with Gasteiger partial charge >= 0.3 is 0 Å². The first-order valence-corrected chi connectivity index (χ1v) is 8.00. The molecule has 2 aromatic rings. The molecule has 0 radical (unpaired) electrons. The highest BCUT2D eigenvalue weighted by Crippen LogP contribution is 2.17. The SMILES string of the molecule is Cc1nn(C)cc1CNc1ccc(S(=O)(=O)N(C)C)cc1. The van der Waals surface area contributed by atoms with Crippen LogP contribution in [0.2, 0.25) is 0 Å². The van der Waals surface area contributed by atoms with Crippen molar-refractivity contribution in [2.75, 3.05) is 19.4 Å². The van der Waals surface area contributed by atoms with E-state index in [1.165, 1.54) is 18.4 Å². The van der Waals surface area contributed by atoms with Crippen molar-refractivity contribution >= 4 is 15.7 Å². The Morgan fingerprint density at radius 2 is 1.86 bits per heavy atom. The maximum Gasteiger partial charge on any atom is 0.242 e. The van der Waals surface area contributed by atoms with Crippen LogP contribution in [0.15, 0.2) is 35.4 Å². The first-order chi connectivity index (χ1) is 9.80.